The van der Waals surface area contributed by atoms with Crippen LogP contribution in [-0.2, 0) is 43.7 Å². The van der Waals surface area contributed by atoms with E-state index < -0.39 is 12.3 Å². The third-order valence-corrected chi connectivity index (χ3v) is 17.2. The topological polar surface area (TPSA) is 33.5 Å². The van der Waals surface area contributed by atoms with Crippen molar-refractivity contribution in [1.82, 2.24) is 9.55 Å². The average Bonchev–Trinajstić information content (AvgIpc) is 1.49. The van der Waals surface area contributed by atoms with Gasteiger partial charge in [-0.15, -0.1) is 48.1 Å². The largest absolute Gasteiger partial charge is 0.509 e. The molecule has 15 rings (SSSR count). The molecule has 3 heterocycles. The summed E-state index contributed by atoms with van der Waals surface area (Å²) in [4.78, 5) is 9.30. The van der Waals surface area contributed by atoms with Gasteiger partial charge in [0.05, 0.1) is 5.41 Å². The van der Waals surface area contributed by atoms with Gasteiger partial charge in [0.25, 0.3) is 0 Å². The van der Waals surface area contributed by atoms with Gasteiger partial charge in [-0.2, -0.15) is 12.1 Å². The Balaban J connectivity index is 0.00000653. The van der Waals surface area contributed by atoms with Crippen LogP contribution in [0.2, 0.25) is 0 Å². The van der Waals surface area contributed by atoms with Crippen molar-refractivity contribution < 1.29 is 29.9 Å². The second-order valence-electron chi connectivity index (χ2n) is 24.2. The van der Waals surface area contributed by atoms with Gasteiger partial charge in [-0.05, 0) is 132 Å². The van der Waals surface area contributed by atoms with Gasteiger partial charge in [0, 0.05) is 76.6 Å². The summed E-state index contributed by atoms with van der Waals surface area (Å²) in [6.45, 7) is 13.8. The molecule has 83 heavy (non-hydrogen) atoms. The van der Waals surface area contributed by atoms with Crippen LogP contribution in [0.5, 0.6) is 11.5 Å². The van der Waals surface area contributed by atoms with Crippen LogP contribution in [0.3, 0.4) is 0 Å². The summed E-state index contributed by atoms with van der Waals surface area (Å²) in [6.07, 6.45) is 2.44. The number of pyridine rings is 1. The van der Waals surface area contributed by atoms with Gasteiger partial charge in [-0.1, -0.05) is 205 Å². The van der Waals surface area contributed by atoms with Gasteiger partial charge in [0.1, 0.15) is 5.82 Å². The summed E-state index contributed by atoms with van der Waals surface area (Å²) < 4.78 is 33.2. The van der Waals surface area contributed by atoms with Crippen LogP contribution in [0, 0.1) is 25.7 Å². The van der Waals surface area contributed by atoms with Crippen molar-refractivity contribution in [2.45, 2.75) is 71.1 Å². The van der Waals surface area contributed by atoms with E-state index in [4.69, 9.17) is 8.85 Å². The molecule has 2 aromatic heterocycles. The number of anilines is 4. The Labute approximate surface area is 506 Å². The molecule has 0 fully saturated rings. The molecule has 0 atom stereocenters. The van der Waals surface area contributed by atoms with E-state index in [1.165, 1.54) is 61.2 Å². The quantitative estimate of drug-likeness (QED) is 0.149. The van der Waals surface area contributed by atoms with E-state index >= 15 is 0 Å². The number of nitrogens with zero attached hydrogens (tertiary/aromatic N) is 4. The number of ether oxygens (including phenoxy) is 1. The van der Waals surface area contributed by atoms with Crippen molar-refractivity contribution in [1.29, 1.82) is 0 Å². The molecule has 10 aromatic carbocycles. The number of fused-ring (bicyclic) bond motifs is 13. The standard InChI is InChI=1S/C77H61N4O.Pt/c1-49-39-40-78-72(41-49)81-68-34-15-11-25-59(68)60-38-37-57(47-71(60)81)82-56-24-18-23-55(46-56)79-48-80(70-36-17-16-35-69(70)79)74-58(52-43-53(75(2,3)4)45-54(44-52)76(5,6)7)27-19-29-62(74)61-28-20-33-67-73(61)63-26-10-14-32-66(63)77(67)64-30-12-8-21-50(64)42-51-22-9-13-31-65(51)77;/h8-41,43-45,48H,42H2,1-7H3;/q-3;/i1D3;. The summed E-state index contributed by atoms with van der Waals surface area (Å²) in [6, 6.07) is 85.6. The van der Waals surface area contributed by atoms with E-state index in [-0.39, 0.29) is 37.5 Å². The summed E-state index contributed by atoms with van der Waals surface area (Å²) >= 11 is 0. The molecule has 0 amide bonds. The van der Waals surface area contributed by atoms with Crippen molar-refractivity contribution in [3.05, 3.63) is 293 Å². The van der Waals surface area contributed by atoms with E-state index in [1.54, 1.807) is 18.3 Å². The van der Waals surface area contributed by atoms with E-state index in [1.807, 2.05) is 47.0 Å². The Hall–Kier alpha value is -8.76. The Morgan fingerprint density at radius 3 is 1.88 bits per heavy atom. The maximum Gasteiger partial charge on any atom is 0.135 e. The van der Waals surface area contributed by atoms with Crippen LogP contribution in [0.25, 0.3) is 61.0 Å². The molecule has 2 aliphatic carbocycles. The molecule has 1 aliphatic heterocycles. The first-order valence-electron chi connectivity index (χ1n) is 29.9. The summed E-state index contributed by atoms with van der Waals surface area (Å²) in [5.41, 5.74) is 22.6. The molecule has 0 bridgehead atoms. The molecule has 0 unspecified atom stereocenters. The summed E-state index contributed by atoms with van der Waals surface area (Å²) in [5, 5.41) is 1.94. The Bertz CT molecular complexity index is 4620. The maximum absolute atomic E-state index is 8.17. The van der Waals surface area contributed by atoms with Crippen LogP contribution in [-0.4, -0.2) is 9.55 Å². The summed E-state index contributed by atoms with van der Waals surface area (Å²) in [7, 11) is 0. The Kier molecular flexibility index (Phi) is 11.6. The molecular formula is C77H61N4OPt-3. The van der Waals surface area contributed by atoms with E-state index in [9.17, 15) is 0 Å². The number of hydrogen-bond acceptors (Lipinski definition) is 4. The molecule has 12 aromatic rings. The molecule has 0 radical (unpaired) electrons. The Morgan fingerprint density at radius 2 is 1.13 bits per heavy atom. The molecular weight excluding hydrogens is 1190 g/mol. The van der Waals surface area contributed by atoms with Gasteiger partial charge in [-0.25, -0.2) is 4.98 Å². The third kappa shape index (κ3) is 8.33. The molecule has 1 spiro atoms. The van der Waals surface area contributed by atoms with Crippen molar-refractivity contribution in [3.63, 3.8) is 0 Å². The van der Waals surface area contributed by atoms with E-state index in [0.717, 1.165) is 67.7 Å². The van der Waals surface area contributed by atoms with Crippen molar-refractivity contribution >= 4 is 44.6 Å². The fourth-order valence-electron chi connectivity index (χ4n) is 13.4. The maximum atomic E-state index is 8.17. The van der Waals surface area contributed by atoms with Gasteiger partial charge in [-0.3, -0.25) is 0 Å². The molecule has 5 nitrogen and oxygen atoms in total. The minimum absolute atomic E-state index is 0. The number of hydrogen-bond donors (Lipinski definition) is 0. The second-order valence-corrected chi connectivity index (χ2v) is 24.2. The molecule has 0 saturated carbocycles. The first kappa shape index (κ1) is 48.9. The smallest absolute Gasteiger partial charge is 0.135 e. The van der Waals surface area contributed by atoms with Gasteiger partial charge in [0.2, 0.25) is 0 Å². The molecule has 3 aliphatic rings. The number of rotatable bonds is 7. The zero-order valence-corrected chi connectivity index (χ0v) is 49.4. The third-order valence-electron chi connectivity index (χ3n) is 17.2. The van der Waals surface area contributed by atoms with E-state index in [2.05, 4.69) is 239 Å². The average molecular weight is 1260 g/mol. The number of aryl methyl sites for hydroxylation is 1. The monoisotopic (exact) mass is 1260 g/mol. The fourth-order valence-corrected chi connectivity index (χ4v) is 13.4. The van der Waals surface area contributed by atoms with Crippen LogP contribution in [0.1, 0.15) is 95.7 Å². The van der Waals surface area contributed by atoms with E-state index in [0.29, 0.717) is 17.3 Å². The van der Waals surface area contributed by atoms with Crippen LogP contribution in [0.4, 0.5) is 22.7 Å². The zero-order valence-electron chi connectivity index (χ0n) is 50.2. The van der Waals surface area contributed by atoms with Crippen molar-refractivity contribution in [2.75, 3.05) is 9.80 Å². The Morgan fingerprint density at radius 1 is 0.530 bits per heavy atom. The second kappa shape index (κ2) is 19.7. The predicted molar refractivity (Wildman–Crippen MR) is 337 cm³/mol. The van der Waals surface area contributed by atoms with Crippen LogP contribution in [0.15, 0.2) is 225 Å². The van der Waals surface area contributed by atoms with Gasteiger partial charge in [0.15, 0.2) is 0 Å². The van der Waals surface area contributed by atoms with Crippen molar-refractivity contribution in [2.24, 2.45) is 0 Å². The first-order chi connectivity index (χ1) is 41.0. The first-order valence-corrected chi connectivity index (χ1v) is 28.4. The van der Waals surface area contributed by atoms with Crippen LogP contribution >= 0.6 is 0 Å². The minimum atomic E-state index is -2.30. The minimum Gasteiger partial charge on any atom is -0.509 e. The molecule has 0 saturated heterocycles. The number of para-hydroxylation sites is 4. The zero-order chi connectivity index (χ0) is 58.1. The van der Waals surface area contributed by atoms with Crippen molar-refractivity contribution in [3.8, 4) is 50.7 Å². The van der Waals surface area contributed by atoms with Crippen LogP contribution < -0.4 is 14.5 Å². The van der Waals surface area contributed by atoms with Gasteiger partial charge >= 0.3 is 0 Å². The molecule has 0 N–H and O–H groups in total. The number of benzene rings is 10. The predicted octanol–water partition coefficient (Wildman–Crippen LogP) is 19.5. The van der Waals surface area contributed by atoms with Gasteiger partial charge < -0.3 is 19.1 Å². The fraction of sp³-hybridized carbons (Fsp3) is 0.143. The SMILES string of the molecule is [2H]C([2H])([2H])c1ccnc(-n2c3[c-]c(Oc4[c-]c(N5[CH-]N(c6c(-c7cc(C(C)(C)C)cc(C(C)(C)C)c7)cccc6-c6cccc7c6-c6ccccc6C76c7ccccc7Cc7ccccc76)c6ccccc65)ccc4)ccc3c3ccccc32)c1.[Pt]. The summed E-state index contributed by atoms with van der Waals surface area (Å²) in [5.74, 6) is 1.48. The number of aromatic nitrogens is 2. The molecule has 408 valence electrons. The molecule has 6 heteroatoms. The normalized spacial score (nSPS) is 14.5.